The third-order valence-corrected chi connectivity index (χ3v) is 5.88. The topological polar surface area (TPSA) is 24.3 Å². The van der Waals surface area contributed by atoms with E-state index in [1.807, 2.05) is 7.05 Å². The summed E-state index contributed by atoms with van der Waals surface area (Å²) in [5.41, 5.74) is 1.46. The van der Waals surface area contributed by atoms with Crippen molar-refractivity contribution in [2.75, 3.05) is 44.8 Å². The number of piperazine rings is 1. The summed E-state index contributed by atoms with van der Waals surface area (Å²) in [4.78, 5) is 8.28. The van der Waals surface area contributed by atoms with Gasteiger partial charge in [0.2, 0.25) is 0 Å². The summed E-state index contributed by atoms with van der Waals surface area (Å²) in [6.45, 7) is 1.58. The maximum Gasteiger partial charge on any atom is 0.173 e. The van der Waals surface area contributed by atoms with Crippen molar-refractivity contribution in [1.82, 2.24) is 14.5 Å². The Balaban J connectivity index is 1.81. The van der Waals surface area contributed by atoms with Crippen LogP contribution in [0.25, 0.3) is 33.1 Å². The lowest BCUT2D eigenvalue weighted by atomic mass is 10.0. The van der Waals surface area contributed by atoms with Crippen molar-refractivity contribution in [3.05, 3.63) is 47.9 Å². The molecule has 0 bridgehead atoms. The van der Waals surface area contributed by atoms with Gasteiger partial charge in [0.05, 0.1) is 23.3 Å². The van der Waals surface area contributed by atoms with E-state index in [0.717, 1.165) is 0 Å². The number of halogens is 4. The van der Waals surface area contributed by atoms with E-state index in [0.29, 0.717) is 48.3 Å². The number of anilines is 1. The van der Waals surface area contributed by atoms with Gasteiger partial charge in [-0.15, -0.1) is 0 Å². The fourth-order valence-electron chi connectivity index (χ4n) is 4.33. The fraction of sp³-hybridized carbons (Fsp3) is 0.318. The van der Waals surface area contributed by atoms with Gasteiger partial charge < -0.3 is 14.4 Å². The molecule has 0 unspecified atom stereocenters. The zero-order valence-electron chi connectivity index (χ0n) is 16.4. The highest BCUT2D eigenvalue weighted by Gasteiger charge is 2.27. The number of hydrogen-bond donors (Lipinski definition) is 0. The molecular formula is C22H20F4N4. The number of aryl methyl sites for hydroxylation is 1. The van der Waals surface area contributed by atoms with Crippen molar-refractivity contribution in [2.45, 2.75) is 6.54 Å². The van der Waals surface area contributed by atoms with Crippen LogP contribution >= 0.6 is 0 Å². The average Bonchev–Trinajstić information content (AvgIpc) is 3.07. The summed E-state index contributed by atoms with van der Waals surface area (Å²) in [5.74, 6) is -1.83. The first-order valence-corrected chi connectivity index (χ1v) is 9.87. The number of pyridine rings is 1. The smallest absolute Gasteiger partial charge is 0.173 e. The molecule has 0 aliphatic carbocycles. The summed E-state index contributed by atoms with van der Waals surface area (Å²) in [6, 6.07) is 5.42. The highest BCUT2D eigenvalue weighted by atomic mass is 19.1. The number of nitrogens with zero attached hydrogens (tertiary/aromatic N) is 4. The van der Waals surface area contributed by atoms with E-state index in [9.17, 15) is 8.78 Å². The molecule has 3 heterocycles. The van der Waals surface area contributed by atoms with Crippen LogP contribution in [0.3, 0.4) is 0 Å². The van der Waals surface area contributed by atoms with Gasteiger partial charge in [0, 0.05) is 48.7 Å². The molecule has 0 saturated carbocycles. The third-order valence-electron chi connectivity index (χ3n) is 5.88. The molecule has 30 heavy (non-hydrogen) atoms. The molecule has 2 aromatic rings. The summed E-state index contributed by atoms with van der Waals surface area (Å²) in [6.07, 6.45) is 1.58. The first kappa shape index (κ1) is 19.1. The predicted molar refractivity (Wildman–Crippen MR) is 109 cm³/mol. The van der Waals surface area contributed by atoms with Gasteiger partial charge in [-0.3, -0.25) is 0 Å². The largest absolute Gasteiger partial charge is 0.364 e. The first-order valence-electron chi connectivity index (χ1n) is 9.87. The van der Waals surface area contributed by atoms with Crippen LogP contribution in [0.1, 0.15) is 0 Å². The summed E-state index contributed by atoms with van der Waals surface area (Å²) >= 11 is 0. The summed E-state index contributed by atoms with van der Waals surface area (Å²) in [5, 5.41) is 0.786. The Kier molecular flexibility index (Phi) is 4.54. The molecule has 0 radical (unpaired) electrons. The number of fused-ring (bicyclic) bond motifs is 5. The van der Waals surface area contributed by atoms with Crippen molar-refractivity contribution in [3.63, 3.8) is 0 Å². The van der Waals surface area contributed by atoms with Crippen LogP contribution in [-0.2, 0) is 6.54 Å². The molecule has 0 N–H and O–H groups in total. The molecule has 0 spiro atoms. The van der Waals surface area contributed by atoms with Crippen LogP contribution in [0, 0.1) is 17.5 Å². The Morgan fingerprint density at radius 1 is 1.00 bits per heavy atom. The van der Waals surface area contributed by atoms with E-state index in [1.165, 1.54) is 28.8 Å². The maximum absolute atomic E-state index is 15.7. The Hall–Kier alpha value is -2.87. The van der Waals surface area contributed by atoms with Crippen LogP contribution in [0.4, 0.5) is 23.2 Å². The van der Waals surface area contributed by atoms with Crippen LogP contribution in [0.5, 0.6) is 0 Å². The van der Waals surface area contributed by atoms with E-state index in [1.54, 1.807) is 11.1 Å². The van der Waals surface area contributed by atoms with Crippen LogP contribution in [-0.4, -0.2) is 54.4 Å². The van der Waals surface area contributed by atoms with E-state index < -0.39 is 24.1 Å². The van der Waals surface area contributed by atoms with Crippen LogP contribution < -0.4 is 4.90 Å². The number of rotatable bonds is 3. The molecule has 8 heteroatoms. The van der Waals surface area contributed by atoms with Crippen molar-refractivity contribution in [2.24, 2.45) is 0 Å². The third kappa shape index (κ3) is 2.89. The minimum Gasteiger partial charge on any atom is -0.364 e. The molecule has 5 rings (SSSR count). The Labute approximate surface area is 170 Å². The normalized spacial score (nSPS) is 15.7. The Morgan fingerprint density at radius 3 is 2.50 bits per heavy atom. The molecular weight excluding hydrogens is 396 g/mol. The lowest BCUT2D eigenvalue weighted by Crippen LogP contribution is -2.45. The SMILES string of the molecule is CN1CCN(c2c(F)cc3c4nc5ccc(F)cc5c-4cn(CCF)c3c2F)CC1. The number of aromatic nitrogens is 2. The zero-order chi connectivity index (χ0) is 21.0. The Morgan fingerprint density at radius 2 is 1.77 bits per heavy atom. The van der Waals surface area contributed by atoms with Gasteiger partial charge in [-0.25, -0.2) is 22.5 Å². The van der Waals surface area contributed by atoms with E-state index in [-0.39, 0.29) is 23.1 Å². The average molecular weight is 416 g/mol. The fourth-order valence-corrected chi connectivity index (χ4v) is 4.33. The van der Waals surface area contributed by atoms with Gasteiger partial charge in [0.1, 0.15) is 24.0 Å². The van der Waals surface area contributed by atoms with E-state index in [4.69, 9.17) is 0 Å². The lowest BCUT2D eigenvalue weighted by molar-refractivity contribution is 0.310. The van der Waals surface area contributed by atoms with Crippen LogP contribution in [0.15, 0.2) is 30.5 Å². The minimum absolute atomic E-state index is 0.0929. The van der Waals surface area contributed by atoms with Crippen molar-refractivity contribution < 1.29 is 17.6 Å². The molecule has 0 aromatic heterocycles. The van der Waals surface area contributed by atoms with E-state index >= 15 is 8.78 Å². The van der Waals surface area contributed by atoms with Crippen LogP contribution in [0.2, 0.25) is 0 Å². The van der Waals surface area contributed by atoms with Gasteiger partial charge in [0.25, 0.3) is 0 Å². The molecule has 0 amide bonds. The Bertz CT molecular complexity index is 1230. The number of likely N-dealkylation sites (N-methyl/N-ethyl adjacent to an activating group) is 1. The van der Waals surface area contributed by atoms with Crippen molar-refractivity contribution in [3.8, 4) is 11.3 Å². The molecule has 1 fully saturated rings. The summed E-state index contributed by atoms with van der Waals surface area (Å²) in [7, 11) is 1.96. The highest BCUT2D eigenvalue weighted by molar-refractivity contribution is 6.07. The second kappa shape index (κ2) is 7.12. The molecule has 0 atom stereocenters. The molecule has 4 nitrogen and oxygen atoms in total. The summed E-state index contributed by atoms with van der Waals surface area (Å²) < 4.78 is 59.4. The van der Waals surface area contributed by atoms with Crippen molar-refractivity contribution >= 4 is 27.5 Å². The highest BCUT2D eigenvalue weighted by Crippen LogP contribution is 2.40. The van der Waals surface area contributed by atoms with E-state index in [2.05, 4.69) is 9.88 Å². The molecule has 156 valence electrons. The van der Waals surface area contributed by atoms with Gasteiger partial charge in [0.15, 0.2) is 5.82 Å². The van der Waals surface area contributed by atoms with Gasteiger partial charge in [-0.2, -0.15) is 0 Å². The maximum atomic E-state index is 15.7. The molecule has 3 aliphatic heterocycles. The zero-order valence-corrected chi connectivity index (χ0v) is 16.4. The molecule has 2 aromatic carbocycles. The monoisotopic (exact) mass is 416 g/mol. The van der Waals surface area contributed by atoms with Gasteiger partial charge in [-0.05, 0) is 31.3 Å². The number of alkyl halides is 1. The number of benzene rings is 2. The standard InChI is InChI=1S/C22H20F4N4/c1-28-6-8-29(9-7-28)22-17(25)11-15-20-16(12-30(5-4-23)21(15)19(22)26)14-10-13(24)2-3-18(14)27-20/h2-3,10-12H,4-9H2,1H3. The quantitative estimate of drug-likeness (QED) is 0.462. The second-order valence-electron chi connectivity index (χ2n) is 7.75. The van der Waals surface area contributed by atoms with Crippen molar-refractivity contribution in [1.29, 1.82) is 0 Å². The van der Waals surface area contributed by atoms with Gasteiger partial charge >= 0.3 is 0 Å². The molecule has 3 aliphatic rings. The first-order chi connectivity index (χ1) is 14.5. The lowest BCUT2D eigenvalue weighted by Gasteiger charge is -2.34. The molecule has 1 saturated heterocycles. The minimum atomic E-state index is -0.719. The van der Waals surface area contributed by atoms with Gasteiger partial charge in [-0.1, -0.05) is 0 Å². The second-order valence-corrected chi connectivity index (χ2v) is 7.75. The number of hydrogen-bond acceptors (Lipinski definition) is 3. The predicted octanol–water partition coefficient (Wildman–Crippen LogP) is 4.43.